The average Bonchev–Trinajstić information content (AvgIpc) is 3.91. The number of nitriles is 1. The fourth-order valence-electron chi connectivity index (χ4n) is 7.80. The summed E-state index contributed by atoms with van der Waals surface area (Å²) in [6.45, 7) is 11.6. The van der Waals surface area contributed by atoms with E-state index in [1.165, 1.54) is 35.8 Å². The number of carbonyl (C=O) groups is 2. The number of nitrogens with one attached hydrogen (secondary N) is 1. The second-order valence-corrected chi connectivity index (χ2v) is 17.1. The van der Waals surface area contributed by atoms with Gasteiger partial charge < -0.3 is 70.0 Å². The van der Waals surface area contributed by atoms with Gasteiger partial charge in [-0.15, -0.1) is 24.3 Å². The molecule has 0 fully saturated rings. The van der Waals surface area contributed by atoms with E-state index in [2.05, 4.69) is 64.5 Å². The molecule has 1 aliphatic carbocycles. The van der Waals surface area contributed by atoms with E-state index < -0.39 is 41.9 Å². The number of halogens is 3. The van der Waals surface area contributed by atoms with Crippen LogP contribution in [0.1, 0.15) is 50.0 Å². The van der Waals surface area contributed by atoms with Gasteiger partial charge in [0.15, 0.2) is 0 Å². The van der Waals surface area contributed by atoms with Crippen molar-refractivity contribution in [3.05, 3.63) is 249 Å². The van der Waals surface area contributed by atoms with Gasteiger partial charge in [0.1, 0.15) is 11.8 Å². The minimum atomic E-state index is -4.64. The summed E-state index contributed by atoms with van der Waals surface area (Å²) in [6.07, 6.45) is 17.7. The van der Waals surface area contributed by atoms with Crippen LogP contribution < -0.4 is 15.6 Å². The molecule has 4 aromatic rings. The van der Waals surface area contributed by atoms with Crippen molar-refractivity contribution >= 4 is 53.1 Å². The minimum Gasteiger partial charge on any atom is -0.700 e. The molecule has 400 valence electrons. The Balaban J connectivity index is 0.000000321. The molecule has 3 aliphatic heterocycles. The number of hydrogen-bond acceptors (Lipinski definition) is 8. The molecule has 0 spiro atoms. The molecule has 0 bridgehead atoms. The van der Waals surface area contributed by atoms with E-state index >= 15 is 0 Å². The normalized spacial score (nSPS) is 18.0. The fourth-order valence-corrected chi connectivity index (χ4v) is 7.80. The number of nitrogens with two attached hydrogens (primary N) is 1. The van der Waals surface area contributed by atoms with Crippen molar-refractivity contribution in [2.75, 3.05) is 16.5 Å². The van der Waals surface area contributed by atoms with Gasteiger partial charge in [-0.2, -0.15) is 36.5 Å². The van der Waals surface area contributed by atoms with E-state index in [9.17, 15) is 33.0 Å². The third kappa shape index (κ3) is 17.5. The van der Waals surface area contributed by atoms with E-state index in [1.807, 2.05) is 119 Å². The monoisotopic (exact) mass is 1150 g/mol. The van der Waals surface area contributed by atoms with Gasteiger partial charge in [0.25, 0.3) is 0 Å². The Morgan fingerprint density at radius 2 is 1.53 bits per heavy atom. The van der Waals surface area contributed by atoms with Crippen molar-refractivity contribution in [3.63, 3.8) is 0 Å². The Bertz CT molecular complexity index is 2930. The van der Waals surface area contributed by atoms with Gasteiger partial charge >= 0.3 is 37.6 Å². The first-order valence-corrected chi connectivity index (χ1v) is 24.6. The number of aryl methyl sites for hydroxylation is 2. The second-order valence-electron chi connectivity index (χ2n) is 16.9. The molecule has 4 heterocycles. The fraction of sp³-hybridized carbons (Fsp3) is 0.224. The van der Waals surface area contributed by atoms with E-state index in [0.29, 0.717) is 34.6 Å². The number of carboxylic acids is 2. The van der Waals surface area contributed by atoms with Crippen LogP contribution in [-0.4, -0.2) is 59.0 Å². The zero-order valence-corrected chi connectivity index (χ0v) is 45.2. The van der Waals surface area contributed by atoms with Crippen molar-refractivity contribution in [2.24, 2.45) is 5.73 Å². The first kappa shape index (κ1) is 61.5. The number of nitrogens with zero attached hydrogens (tertiary/aromatic N) is 7. The van der Waals surface area contributed by atoms with Gasteiger partial charge in [0, 0.05) is 28.7 Å². The van der Waals surface area contributed by atoms with Crippen LogP contribution in [0.4, 0.5) is 36.1 Å². The van der Waals surface area contributed by atoms with Crippen molar-refractivity contribution in [1.82, 2.24) is 0 Å². The van der Waals surface area contributed by atoms with Gasteiger partial charge in [0.2, 0.25) is 5.88 Å². The Morgan fingerprint density at radius 1 is 0.922 bits per heavy atom. The number of allylic oxidation sites excluding steroid dienone is 5. The summed E-state index contributed by atoms with van der Waals surface area (Å²) < 4.78 is 44.8. The summed E-state index contributed by atoms with van der Waals surface area (Å²) in [5.74, 6) is -0.790. The van der Waals surface area contributed by atoms with Crippen LogP contribution in [-0.2, 0) is 41.7 Å². The number of carboxylic acid groups (broad SMARTS) is 2. The molecule has 0 amide bonds. The molecule has 3 aromatic carbocycles. The maximum absolute atomic E-state index is 12.8. The predicted octanol–water partition coefficient (Wildman–Crippen LogP) is 14.8. The van der Waals surface area contributed by atoms with Crippen LogP contribution in [0.25, 0.3) is 32.7 Å². The second kappa shape index (κ2) is 29.9. The molecular weight excluding hydrogens is 1090 g/mol. The molecule has 77 heavy (non-hydrogen) atoms. The maximum atomic E-state index is 12.8. The Labute approximate surface area is 466 Å². The zero-order valence-electron chi connectivity index (χ0n) is 42.7. The van der Waals surface area contributed by atoms with Gasteiger partial charge in [-0.25, -0.2) is 14.9 Å². The summed E-state index contributed by atoms with van der Waals surface area (Å²) in [7, 11) is 0. The van der Waals surface area contributed by atoms with Gasteiger partial charge in [0.05, 0.1) is 17.2 Å². The number of aliphatic carboxylic acids is 2. The van der Waals surface area contributed by atoms with E-state index in [4.69, 9.17) is 26.5 Å². The largest absolute Gasteiger partial charge is 6.00 e. The number of benzene rings is 3. The van der Waals surface area contributed by atoms with Crippen LogP contribution in [0.15, 0.2) is 209 Å². The SMILES string of the molecule is C=C/C=C([N-]N(c1ccc(C)cc1)c1ccc(C)cc1)/C([NH-])=C/C(N)C(F)(F)F.CC.N#C[S-].O=C(O)C1=CC[N-]C(C2=CC(C(=O)O)=CC(C3C=C(c4ccc(N(c5ccccc5)C5C=CCCC5)o4)C=C[N-]3)[N-]2)=C1.[Ru+6]. The standard InChI is InChI=1S/C33H29N4O5.C22H23F3N4.C2H6.CHNS.Ru/c38-32(39)22-14-16-35-27(18-22)29-20-23(33(40)41)19-28(36-29)26-17-21(13-15-34-26)30-11-12-31(42-30)37(24-7-3-1-4-8-24)25-9-5-2-6-10-25;1-4-5-20(19(26)14-21(27)22(23,24)25)28-29(17-10-6-15(2)7-11-17)18-12-8-16(3)9-13-18;1-2;2-1-3;/h1,3-5,7-9,11-15,17-20,25-26,28H,2,6,10,16H2,(H,38,39)(H,40,41);4-14,21,26H,1,27H2,2-3H3;1-2H3;3H;/q-3;-2;;;+6/p-1/b;19-14-,20-5-;;;. The van der Waals surface area contributed by atoms with Crippen molar-refractivity contribution in [1.29, 1.82) is 5.26 Å². The number of furan rings is 1. The van der Waals surface area contributed by atoms with Crippen molar-refractivity contribution < 1.29 is 56.9 Å². The number of hydrogen-bond donors (Lipinski definition) is 3. The molecule has 0 radical (unpaired) electrons. The first-order chi connectivity index (χ1) is 36.5. The Hall–Kier alpha value is -8.04. The smallest absolute Gasteiger partial charge is 0.700 e. The molecule has 4 atom stereocenters. The number of anilines is 4. The molecule has 19 heteroatoms. The van der Waals surface area contributed by atoms with E-state index in [1.54, 1.807) is 17.3 Å². The molecular formula is C58H58F3N9O5RuS. The summed E-state index contributed by atoms with van der Waals surface area (Å²) in [5.41, 5.74) is 23.3. The summed E-state index contributed by atoms with van der Waals surface area (Å²) in [5, 5.41) is 42.9. The number of alkyl halides is 3. The van der Waals surface area contributed by atoms with Crippen LogP contribution in [0, 0.1) is 24.5 Å². The van der Waals surface area contributed by atoms with E-state index in [0.717, 1.165) is 47.5 Å². The Kier molecular flexibility index (Phi) is 23.9. The van der Waals surface area contributed by atoms with Crippen LogP contribution in [0.3, 0.4) is 0 Å². The molecule has 4 aliphatic rings. The summed E-state index contributed by atoms with van der Waals surface area (Å²) >= 11 is 3.70. The predicted molar refractivity (Wildman–Crippen MR) is 298 cm³/mol. The quantitative estimate of drug-likeness (QED) is 0.0255. The maximum Gasteiger partial charge on any atom is 6.00 e. The number of para-hydroxylation sites is 1. The summed E-state index contributed by atoms with van der Waals surface area (Å²) in [4.78, 5) is 25.7. The molecule has 1 aromatic heterocycles. The van der Waals surface area contributed by atoms with Crippen molar-refractivity contribution in [2.45, 2.75) is 77.3 Å². The molecule has 14 nitrogen and oxygen atoms in total. The third-order valence-corrected chi connectivity index (χ3v) is 11.5. The van der Waals surface area contributed by atoms with Crippen LogP contribution in [0.2, 0.25) is 0 Å². The first-order valence-electron chi connectivity index (χ1n) is 24.1. The van der Waals surface area contributed by atoms with E-state index in [-0.39, 0.29) is 48.9 Å². The summed E-state index contributed by atoms with van der Waals surface area (Å²) in [6, 6.07) is 25.9. The van der Waals surface area contributed by atoms with Crippen LogP contribution in [0.5, 0.6) is 0 Å². The topological polar surface area (TPSA) is 224 Å². The average molecular weight is 1150 g/mol. The van der Waals surface area contributed by atoms with Gasteiger partial charge in [-0.1, -0.05) is 146 Å². The Morgan fingerprint density at radius 3 is 2.09 bits per heavy atom. The molecule has 0 saturated heterocycles. The molecule has 5 N–H and O–H groups in total. The van der Waals surface area contributed by atoms with Gasteiger partial charge in [-0.3, -0.25) is 0 Å². The number of rotatable bonds is 15. The van der Waals surface area contributed by atoms with Gasteiger partial charge in [-0.05, 0) is 75.6 Å². The molecule has 4 unspecified atom stereocenters. The number of thiocyanates is 1. The molecule has 8 rings (SSSR count). The minimum absolute atomic E-state index is 0. The molecule has 0 saturated carbocycles. The van der Waals surface area contributed by atoms with Crippen molar-refractivity contribution in [3.8, 4) is 5.40 Å². The zero-order chi connectivity index (χ0) is 55.4. The van der Waals surface area contributed by atoms with Crippen LogP contribution >= 0.6 is 0 Å². The third-order valence-electron chi connectivity index (χ3n) is 11.5.